The van der Waals surface area contributed by atoms with Crippen LogP contribution in [0.3, 0.4) is 0 Å². The van der Waals surface area contributed by atoms with Crippen LogP contribution in [0.5, 0.6) is 0 Å². The summed E-state index contributed by atoms with van der Waals surface area (Å²) in [4.78, 5) is 18.8. The minimum Gasteiger partial charge on any atom is -0.305 e. The highest BCUT2D eigenvalue weighted by Gasteiger charge is 2.31. The molecule has 1 fully saturated rings. The number of hydrogen-bond donors (Lipinski definition) is 2. The first-order chi connectivity index (χ1) is 17.7. The fraction of sp³-hybridized carbons (Fsp3) is 0.269. The fourth-order valence-electron chi connectivity index (χ4n) is 4.53. The average Bonchev–Trinajstić information content (AvgIpc) is 3.30. The van der Waals surface area contributed by atoms with Gasteiger partial charge in [0.05, 0.1) is 11.1 Å². The molecule has 6 nitrogen and oxygen atoms in total. The van der Waals surface area contributed by atoms with Crippen molar-refractivity contribution in [2.45, 2.75) is 32.0 Å². The molecular weight excluding hydrogens is 493 g/mol. The molecule has 0 aliphatic carbocycles. The van der Waals surface area contributed by atoms with Crippen LogP contribution in [0.25, 0.3) is 22.0 Å². The SMILES string of the molecule is O=C(Nc1cc(C(F)(F)F)ccn1)c1n[nH]c2ccc(-c3cc(CN4CCCCC4)cc(F)c3F)cc12. The van der Waals surface area contributed by atoms with Crippen LogP contribution in [0.1, 0.15) is 40.9 Å². The van der Waals surface area contributed by atoms with E-state index in [1.807, 2.05) is 0 Å². The predicted octanol–water partition coefficient (Wildman–Crippen LogP) is 6.16. The molecule has 0 saturated carbocycles. The largest absolute Gasteiger partial charge is 0.416 e. The van der Waals surface area contributed by atoms with E-state index >= 15 is 0 Å². The summed E-state index contributed by atoms with van der Waals surface area (Å²) in [5.74, 6) is -3.08. The third kappa shape index (κ3) is 5.31. The Bertz CT molecular complexity index is 1460. The highest BCUT2D eigenvalue weighted by Crippen LogP contribution is 2.32. The van der Waals surface area contributed by atoms with Gasteiger partial charge in [0.1, 0.15) is 5.82 Å². The number of alkyl halides is 3. The summed E-state index contributed by atoms with van der Waals surface area (Å²) in [5.41, 5.74) is 0.362. The molecule has 2 aromatic carbocycles. The molecular formula is C26H22F5N5O. The molecule has 3 heterocycles. The molecule has 0 radical (unpaired) electrons. The van der Waals surface area contributed by atoms with Crippen molar-refractivity contribution >= 4 is 22.6 Å². The van der Waals surface area contributed by atoms with Gasteiger partial charge in [-0.15, -0.1) is 0 Å². The Labute approximate surface area is 208 Å². The molecule has 37 heavy (non-hydrogen) atoms. The quantitative estimate of drug-likeness (QED) is 0.312. The number of piperidine rings is 1. The van der Waals surface area contributed by atoms with Crippen molar-refractivity contribution in [2.75, 3.05) is 18.4 Å². The first-order valence-electron chi connectivity index (χ1n) is 11.7. The van der Waals surface area contributed by atoms with Gasteiger partial charge in [-0.05, 0) is 73.5 Å². The number of likely N-dealkylation sites (tertiary alicyclic amines) is 1. The van der Waals surface area contributed by atoms with Crippen LogP contribution < -0.4 is 5.32 Å². The van der Waals surface area contributed by atoms with Gasteiger partial charge in [-0.1, -0.05) is 12.5 Å². The van der Waals surface area contributed by atoms with Crippen LogP contribution in [0.15, 0.2) is 48.7 Å². The van der Waals surface area contributed by atoms with Gasteiger partial charge in [0.2, 0.25) is 0 Å². The molecule has 1 aliphatic heterocycles. The number of amides is 1. The number of carbonyl (C=O) groups is 1. The van der Waals surface area contributed by atoms with E-state index in [2.05, 4.69) is 25.4 Å². The lowest BCUT2D eigenvalue weighted by atomic mass is 9.99. The lowest BCUT2D eigenvalue weighted by molar-refractivity contribution is -0.137. The molecule has 2 aromatic heterocycles. The van der Waals surface area contributed by atoms with Gasteiger partial charge in [0.25, 0.3) is 5.91 Å². The second-order valence-electron chi connectivity index (χ2n) is 8.99. The zero-order chi connectivity index (χ0) is 26.2. The van der Waals surface area contributed by atoms with Crippen LogP contribution in [-0.2, 0) is 12.7 Å². The fourth-order valence-corrected chi connectivity index (χ4v) is 4.53. The van der Waals surface area contributed by atoms with Crippen molar-refractivity contribution in [1.82, 2.24) is 20.1 Å². The second-order valence-corrected chi connectivity index (χ2v) is 8.99. The number of rotatable bonds is 5. The van der Waals surface area contributed by atoms with E-state index in [1.54, 1.807) is 18.2 Å². The molecule has 0 spiro atoms. The van der Waals surface area contributed by atoms with Crippen LogP contribution in [0, 0.1) is 11.6 Å². The van der Waals surface area contributed by atoms with Gasteiger partial charge in [-0.3, -0.25) is 14.8 Å². The number of halogens is 5. The highest BCUT2D eigenvalue weighted by molar-refractivity contribution is 6.11. The average molecular weight is 515 g/mol. The smallest absolute Gasteiger partial charge is 0.305 e. The number of aromatic nitrogens is 3. The Balaban J connectivity index is 1.45. The molecule has 1 aliphatic rings. The Morgan fingerprint density at radius 1 is 1.03 bits per heavy atom. The first kappa shape index (κ1) is 24.8. The molecule has 2 N–H and O–H groups in total. The van der Waals surface area contributed by atoms with E-state index in [0.29, 0.717) is 34.6 Å². The minimum atomic E-state index is -4.60. The van der Waals surface area contributed by atoms with Gasteiger partial charge in [-0.25, -0.2) is 13.8 Å². The second kappa shape index (κ2) is 9.89. The zero-order valence-electron chi connectivity index (χ0n) is 19.5. The number of hydrogen-bond acceptors (Lipinski definition) is 4. The van der Waals surface area contributed by atoms with Crippen LogP contribution in [-0.4, -0.2) is 39.1 Å². The minimum absolute atomic E-state index is 0.0426. The Morgan fingerprint density at radius 3 is 2.57 bits per heavy atom. The number of nitrogens with zero attached hydrogens (tertiary/aromatic N) is 3. The van der Waals surface area contributed by atoms with Crippen molar-refractivity contribution in [2.24, 2.45) is 0 Å². The molecule has 0 atom stereocenters. The summed E-state index contributed by atoms with van der Waals surface area (Å²) >= 11 is 0. The van der Waals surface area contributed by atoms with E-state index in [9.17, 15) is 26.7 Å². The van der Waals surface area contributed by atoms with Gasteiger partial charge in [-0.2, -0.15) is 18.3 Å². The van der Waals surface area contributed by atoms with Crippen LogP contribution in [0.4, 0.5) is 27.8 Å². The molecule has 4 aromatic rings. The molecule has 1 saturated heterocycles. The third-order valence-electron chi connectivity index (χ3n) is 6.36. The van der Waals surface area contributed by atoms with Gasteiger partial charge in [0.15, 0.2) is 17.3 Å². The number of carbonyl (C=O) groups excluding carboxylic acids is 1. The Hall–Kier alpha value is -3.86. The van der Waals surface area contributed by atoms with E-state index in [0.717, 1.165) is 44.6 Å². The summed E-state index contributed by atoms with van der Waals surface area (Å²) in [6, 6.07) is 8.95. The molecule has 0 unspecified atom stereocenters. The summed E-state index contributed by atoms with van der Waals surface area (Å²) < 4.78 is 68.4. The van der Waals surface area contributed by atoms with Crippen molar-refractivity contribution in [1.29, 1.82) is 0 Å². The topological polar surface area (TPSA) is 73.9 Å². The van der Waals surface area contributed by atoms with Gasteiger partial charge >= 0.3 is 6.18 Å². The zero-order valence-corrected chi connectivity index (χ0v) is 19.5. The van der Waals surface area contributed by atoms with Gasteiger partial charge < -0.3 is 5.32 Å². The standard InChI is InChI=1S/C26H22F5N5O/c27-20-11-15(14-36-8-2-1-3-9-36)10-18(23(20)28)16-4-5-21-19(12-16)24(35-34-21)25(37)33-22-13-17(6-7-32-22)26(29,30)31/h4-7,10-13H,1-3,8-9,14H2,(H,34,35)(H,32,33,37). The lowest BCUT2D eigenvalue weighted by Gasteiger charge is -2.26. The monoisotopic (exact) mass is 515 g/mol. The van der Waals surface area contributed by atoms with Crippen molar-refractivity contribution in [3.8, 4) is 11.1 Å². The van der Waals surface area contributed by atoms with Crippen molar-refractivity contribution in [3.05, 3.63) is 77.1 Å². The van der Waals surface area contributed by atoms with E-state index in [1.165, 1.54) is 12.1 Å². The summed E-state index contributed by atoms with van der Waals surface area (Å²) in [6.07, 6.45) is -0.376. The number of nitrogens with one attached hydrogen (secondary N) is 2. The number of benzene rings is 2. The maximum Gasteiger partial charge on any atom is 0.416 e. The molecule has 0 bridgehead atoms. The normalized spacial score (nSPS) is 14.7. The first-order valence-corrected chi connectivity index (χ1v) is 11.7. The maximum atomic E-state index is 14.9. The van der Waals surface area contributed by atoms with E-state index in [4.69, 9.17) is 0 Å². The van der Waals surface area contributed by atoms with E-state index < -0.39 is 29.3 Å². The number of anilines is 1. The molecule has 1 amide bonds. The third-order valence-corrected chi connectivity index (χ3v) is 6.36. The van der Waals surface area contributed by atoms with Crippen molar-refractivity contribution in [3.63, 3.8) is 0 Å². The Morgan fingerprint density at radius 2 is 1.81 bits per heavy atom. The molecule has 192 valence electrons. The highest BCUT2D eigenvalue weighted by atomic mass is 19.4. The summed E-state index contributed by atoms with van der Waals surface area (Å²) in [5, 5.41) is 9.25. The number of pyridine rings is 1. The molecule has 11 heteroatoms. The number of aromatic amines is 1. The van der Waals surface area contributed by atoms with E-state index in [-0.39, 0.29) is 17.1 Å². The predicted molar refractivity (Wildman–Crippen MR) is 128 cm³/mol. The van der Waals surface area contributed by atoms with Crippen LogP contribution >= 0.6 is 0 Å². The van der Waals surface area contributed by atoms with Crippen LogP contribution in [0.2, 0.25) is 0 Å². The van der Waals surface area contributed by atoms with Crippen molar-refractivity contribution < 1.29 is 26.7 Å². The molecule has 5 rings (SSSR count). The van der Waals surface area contributed by atoms with Gasteiger partial charge in [0, 0.05) is 23.7 Å². The number of fused-ring (bicyclic) bond motifs is 1. The number of H-pyrrole nitrogens is 1. The lowest BCUT2D eigenvalue weighted by Crippen LogP contribution is -2.29. The Kier molecular flexibility index (Phi) is 6.63. The summed E-state index contributed by atoms with van der Waals surface area (Å²) in [6.45, 7) is 2.29. The summed E-state index contributed by atoms with van der Waals surface area (Å²) in [7, 11) is 0. The maximum absolute atomic E-state index is 14.9.